The summed E-state index contributed by atoms with van der Waals surface area (Å²) in [7, 11) is 0. The van der Waals surface area contributed by atoms with Gasteiger partial charge in [-0.25, -0.2) is 0 Å². The first-order valence-corrected chi connectivity index (χ1v) is 10.3. The van der Waals surface area contributed by atoms with E-state index in [-0.39, 0.29) is 35.6 Å². The van der Waals surface area contributed by atoms with Crippen molar-refractivity contribution in [3.63, 3.8) is 0 Å². The molecule has 0 spiro atoms. The van der Waals surface area contributed by atoms with Crippen LogP contribution in [0.2, 0.25) is 0 Å². The van der Waals surface area contributed by atoms with Crippen molar-refractivity contribution in [3.05, 3.63) is 48.3 Å². The molecule has 0 aliphatic rings. The predicted octanol–water partition coefficient (Wildman–Crippen LogP) is 1.18. The first-order valence-electron chi connectivity index (χ1n) is 4.27. The number of carbonyl (C=O) groups is 2. The molecular formula is C10H6O4Se2. The number of hydrogen-bond acceptors (Lipinski definition) is 4. The molecule has 0 unspecified atom stereocenters. The third kappa shape index (κ3) is 2.74. The topological polar surface area (TPSA) is 60.4 Å². The summed E-state index contributed by atoms with van der Waals surface area (Å²) in [5.41, 5.74) is 0. The van der Waals surface area contributed by atoms with Gasteiger partial charge in [-0.3, -0.25) is 0 Å². The van der Waals surface area contributed by atoms with E-state index in [0.717, 1.165) is 0 Å². The molecule has 0 radical (unpaired) electrons. The van der Waals surface area contributed by atoms with E-state index >= 15 is 0 Å². The van der Waals surface area contributed by atoms with Crippen molar-refractivity contribution >= 4 is 35.6 Å². The van der Waals surface area contributed by atoms with Gasteiger partial charge < -0.3 is 0 Å². The summed E-state index contributed by atoms with van der Waals surface area (Å²) in [5, 5.41) is 0. The van der Waals surface area contributed by atoms with Crippen LogP contribution in [-0.4, -0.2) is 35.6 Å². The van der Waals surface area contributed by atoms with E-state index in [1.54, 1.807) is 24.3 Å². The summed E-state index contributed by atoms with van der Waals surface area (Å²) in [6.45, 7) is 0. The molecule has 0 fully saturated rings. The van der Waals surface area contributed by atoms with Crippen LogP contribution in [0.5, 0.6) is 0 Å². The van der Waals surface area contributed by atoms with E-state index < -0.39 is 0 Å². The summed E-state index contributed by atoms with van der Waals surface area (Å²) >= 11 is -0.760. The molecule has 0 aliphatic carbocycles. The fraction of sp³-hybridized carbons (Fsp3) is 0. The predicted molar refractivity (Wildman–Crippen MR) is 57.6 cm³/mol. The van der Waals surface area contributed by atoms with Gasteiger partial charge in [-0.2, -0.15) is 0 Å². The summed E-state index contributed by atoms with van der Waals surface area (Å²) < 4.78 is 9.75. The Morgan fingerprint density at radius 3 is 1.62 bits per heavy atom. The Balaban J connectivity index is 1.89. The minimum atomic E-state index is -0.380. The summed E-state index contributed by atoms with van der Waals surface area (Å²) in [6, 6.07) is 6.53. The van der Waals surface area contributed by atoms with Gasteiger partial charge in [-0.15, -0.1) is 0 Å². The van der Waals surface area contributed by atoms with Crippen LogP contribution >= 0.6 is 0 Å². The second-order valence-electron chi connectivity index (χ2n) is 2.70. The molecule has 0 aromatic carbocycles. The Hall–Kier alpha value is -1.06. The molecule has 0 N–H and O–H groups in total. The van der Waals surface area contributed by atoms with Gasteiger partial charge in [0, 0.05) is 0 Å². The second kappa shape index (κ2) is 5.32. The average molecular weight is 348 g/mol. The fourth-order valence-corrected chi connectivity index (χ4v) is 5.54. The van der Waals surface area contributed by atoms with Crippen molar-refractivity contribution in [2.75, 3.05) is 0 Å². The van der Waals surface area contributed by atoms with Crippen molar-refractivity contribution in [1.29, 1.82) is 0 Å². The van der Waals surface area contributed by atoms with Gasteiger partial charge >= 0.3 is 102 Å². The average Bonchev–Trinajstić information content (AvgIpc) is 2.95. The number of rotatable bonds is 5. The van der Waals surface area contributed by atoms with Gasteiger partial charge in [0.25, 0.3) is 0 Å². The maximum absolute atomic E-state index is 11.5. The van der Waals surface area contributed by atoms with Crippen LogP contribution in [0.25, 0.3) is 0 Å². The molecule has 2 aromatic rings. The van der Waals surface area contributed by atoms with Gasteiger partial charge in [0.05, 0.1) is 0 Å². The van der Waals surface area contributed by atoms with Crippen LogP contribution < -0.4 is 0 Å². The van der Waals surface area contributed by atoms with E-state index in [1.807, 2.05) is 0 Å². The quantitative estimate of drug-likeness (QED) is 0.762. The third-order valence-electron chi connectivity index (χ3n) is 1.64. The Bertz CT molecular complexity index is 427. The van der Waals surface area contributed by atoms with Crippen LogP contribution in [0, 0.1) is 0 Å². The zero-order valence-electron chi connectivity index (χ0n) is 7.91. The number of carbonyl (C=O) groups excluding carboxylic acids is 2. The van der Waals surface area contributed by atoms with Gasteiger partial charge in [-0.05, 0) is 0 Å². The molecule has 0 saturated heterocycles. The van der Waals surface area contributed by atoms with Crippen molar-refractivity contribution in [3.8, 4) is 0 Å². The third-order valence-corrected chi connectivity index (χ3v) is 7.50. The van der Waals surface area contributed by atoms with Crippen molar-refractivity contribution in [1.82, 2.24) is 0 Å². The molecule has 0 bridgehead atoms. The van der Waals surface area contributed by atoms with Crippen molar-refractivity contribution < 1.29 is 18.4 Å². The molecule has 16 heavy (non-hydrogen) atoms. The fourth-order valence-electron chi connectivity index (χ4n) is 0.947. The Kier molecular flexibility index (Phi) is 3.80. The molecule has 2 aromatic heterocycles. The van der Waals surface area contributed by atoms with E-state index in [2.05, 4.69) is 0 Å². The number of hydrogen-bond donors (Lipinski definition) is 0. The van der Waals surface area contributed by atoms with Crippen LogP contribution in [0.1, 0.15) is 21.1 Å². The molecule has 4 nitrogen and oxygen atoms in total. The molecule has 6 heteroatoms. The molecule has 0 atom stereocenters. The molecule has 0 saturated carbocycles. The zero-order valence-corrected chi connectivity index (χ0v) is 11.3. The second-order valence-corrected chi connectivity index (χ2v) is 8.59. The van der Waals surface area contributed by atoms with Gasteiger partial charge in [-0.1, -0.05) is 0 Å². The molecule has 2 rings (SSSR count). The molecule has 82 valence electrons. The van der Waals surface area contributed by atoms with E-state index in [9.17, 15) is 9.59 Å². The summed E-state index contributed by atoms with van der Waals surface area (Å²) in [4.78, 5) is 23.1. The van der Waals surface area contributed by atoms with Gasteiger partial charge in [0.2, 0.25) is 0 Å². The maximum atomic E-state index is 11.5. The van der Waals surface area contributed by atoms with Crippen LogP contribution in [0.3, 0.4) is 0 Å². The molecule has 2 heterocycles. The normalized spacial score (nSPS) is 10.2. The summed E-state index contributed by atoms with van der Waals surface area (Å²) in [6.07, 6.45) is 2.90. The van der Waals surface area contributed by atoms with Crippen LogP contribution in [0.15, 0.2) is 45.6 Å². The molecule has 0 amide bonds. The molecular weight excluding hydrogens is 342 g/mol. The summed E-state index contributed by atoms with van der Waals surface area (Å²) in [5.74, 6) is 0.656. The first kappa shape index (κ1) is 11.4. The SMILES string of the molecule is O=C([Se][Se]C(=O)c1ccco1)c1ccco1. The molecule has 0 aliphatic heterocycles. The number of furan rings is 2. The van der Waals surface area contributed by atoms with Crippen molar-refractivity contribution in [2.45, 2.75) is 0 Å². The Morgan fingerprint density at radius 2 is 1.31 bits per heavy atom. The van der Waals surface area contributed by atoms with E-state index in [0.29, 0.717) is 11.5 Å². The first-order chi connectivity index (χ1) is 7.77. The monoisotopic (exact) mass is 350 g/mol. The Labute approximate surface area is 102 Å². The van der Waals surface area contributed by atoms with Gasteiger partial charge in [0.15, 0.2) is 0 Å². The van der Waals surface area contributed by atoms with E-state index in [1.165, 1.54) is 12.5 Å². The van der Waals surface area contributed by atoms with Crippen molar-refractivity contribution in [2.24, 2.45) is 0 Å². The standard InChI is InChI=1S/C10H6O4Se2/c11-9(7-3-1-5-13-7)15-16-10(12)8-4-2-6-14-8/h1-6H. The van der Waals surface area contributed by atoms with Gasteiger partial charge in [0.1, 0.15) is 0 Å². The zero-order chi connectivity index (χ0) is 11.4. The van der Waals surface area contributed by atoms with Crippen LogP contribution in [-0.2, 0) is 0 Å². The minimum absolute atomic E-state index is 0.0857. The Morgan fingerprint density at radius 1 is 0.875 bits per heavy atom. The van der Waals surface area contributed by atoms with E-state index in [4.69, 9.17) is 8.83 Å². The van der Waals surface area contributed by atoms with Crippen LogP contribution in [0.4, 0.5) is 0 Å².